The summed E-state index contributed by atoms with van der Waals surface area (Å²) in [6.07, 6.45) is 7.37. The van der Waals surface area contributed by atoms with Crippen molar-refractivity contribution in [3.05, 3.63) is 85.5 Å². The molecule has 5 heterocycles. The zero-order valence-electron chi connectivity index (χ0n) is 14.2. The lowest BCUT2D eigenvalue weighted by atomic mass is 10.2. The summed E-state index contributed by atoms with van der Waals surface area (Å²) in [4.78, 5) is 16.0. The minimum atomic E-state index is 1.22. The molecular formula is C22H14N2S3. The number of hydrogen-bond acceptors (Lipinski definition) is 5. The largest absolute Gasteiger partial charge is 0.265 e. The van der Waals surface area contributed by atoms with E-state index in [2.05, 4.69) is 70.6 Å². The summed E-state index contributed by atoms with van der Waals surface area (Å²) >= 11 is 5.51. The molecule has 0 unspecified atom stereocenters. The first-order valence-corrected chi connectivity index (χ1v) is 10.9. The van der Waals surface area contributed by atoms with Crippen molar-refractivity contribution in [1.82, 2.24) is 9.97 Å². The summed E-state index contributed by atoms with van der Waals surface area (Å²) in [5.74, 6) is 0. The van der Waals surface area contributed by atoms with Gasteiger partial charge < -0.3 is 0 Å². The van der Waals surface area contributed by atoms with E-state index in [4.69, 9.17) is 0 Å². The van der Waals surface area contributed by atoms with Crippen LogP contribution in [-0.2, 0) is 0 Å². The molecule has 130 valence electrons. The number of aromatic nitrogens is 2. The third-order valence-corrected chi connectivity index (χ3v) is 7.98. The Morgan fingerprint density at radius 2 is 0.667 bits per heavy atom. The molecule has 0 aliphatic rings. The fourth-order valence-corrected chi connectivity index (χ4v) is 6.10. The third-order valence-electron chi connectivity index (χ3n) is 4.23. The molecule has 5 aromatic rings. The van der Waals surface area contributed by atoms with Crippen molar-refractivity contribution in [3.8, 4) is 40.4 Å². The lowest BCUT2D eigenvalue weighted by Gasteiger charge is -1.95. The monoisotopic (exact) mass is 402 g/mol. The average Bonchev–Trinajstić information content (AvgIpc) is 3.49. The molecule has 0 spiro atoms. The molecule has 27 heavy (non-hydrogen) atoms. The van der Waals surface area contributed by atoms with E-state index in [9.17, 15) is 0 Å². The summed E-state index contributed by atoms with van der Waals surface area (Å²) < 4.78 is 0. The molecule has 2 nitrogen and oxygen atoms in total. The standard InChI is InChI=1S/C22H14N2S3/c1-3-19(25-17(1)15-7-11-23-12-8-15)21-5-6-22(27-21)20-4-2-18(26-20)16-9-13-24-14-10-16/h1-14H. The van der Waals surface area contributed by atoms with Gasteiger partial charge in [-0.1, -0.05) is 0 Å². The molecule has 0 aliphatic heterocycles. The van der Waals surface area contributed by atoms with Crippen LogP contribution in [0.1, 0.15) is 0 Å². The van der Waals surface area contributed by atoms with E-state index in [1.165, 1.54) is 40.4 Å². The zero-order valence-corrected chi connectivity index (χ0v) is 16.7. The topological polar surface area (TPSA) is 25.8 Å². The van der Waals surface area contributed by atoms with Crippen molar-refractivity contribution in [2.24, 2.45) is 0 Å². The fourth-order valence-electron chi connectivity index (χ4n) is 2.89. The first kappa shape index (κ1) is 16.6. The highest BCUT2D eigenvalue weighted by atomic mass is 32.1. The number of rotatable bonds is 4. The van der Waals surface area contributed by atoms with Crippen molar-refractivity contribution in [1.29, 1.82) is 0 Å². The van der Waals surface area contributed by atoms with Crippen LogP contribution in [0.3, 0.4) is 0 Å². The Morgan fingerprint density at radius 1 is 0.370 bits per heavy atom. The summed E-state index contributed by atoms with van der Waals surface area (Å²) in [5.41, 5.74) is 2.44. The van der Waals surface area contributed by atoms with Gasteiger partial charge in [0, 0.05) is 54.1 Å². The van der Waals surface area contributed by atoms with Gasteiger partial charge in [0.1, 0.15) is 0 Å². The first-order valence-electron chi connectivity index (χ1n) is 8.48. The van der Waals surface area contributed by atoms with Gasteiger partial charge in [0.05, 0.1) is 0 Å². The molecule has 5 rings (SSSR count). The number of pyridine rings is 2. The quantitative estimate of drug-likeness (QED) is 0.314. The van der Waals surface area contributed by atoms with Crippen LogP contribution in [0.25, 0.3) is 40.4 Å². The van der Waals surface area contributed by atoms with Crippen molar-refractivity contribution in [2.45, 2.75) is 0 Å². The molecule has 0 atom stereocenters. The maximum absolute atomic E-state index is 4.10. The molecule has 0 amide bonds. The average molecular weight is 403 g/mol. The van der Waals surface area contributed by atoms with Gasteiger partial charge in [-0.25, -0.2) is 0 Å². The fraction of sp³-hybridized carbons (Fsp3) is 0. The van der Waals surface area contributed by atoms with E-state index in [-0.39, 0.29) is 0 Å². The Hall–Kier alpha value is -2.60. The van der Waals surface area contributed by atoms with Gasteiger partial charge in [-0.05, 0) is 71.8 Å². The Kier molecular flexibility index (Phi) is 4.41. The third kappa shape index (κ3) is 3.37. The Morgan fingerprint density at radius 3 is 1.04 bits per heavy atom. The highest BCUT2D eigenvalue weighted by Gasteiger charge is 2.11. The maximum Gasteiger partial charge on any atom is 0.0449 e. The minimum Gasteiger partial charge on any atom is -0.265 e. The number of thiophene rings is 3. The smallest absolute Gasteiger partial charge is 0.0449 e. The van der Waals surface area contributed by atoms with Crippen LogP contribution in [0, 0.1) is 0 Å². The zero-order chi connectivity index (χ0) is 18.1. The van der Waals surface area contributed by atoms with E-state index >= 15 is 0 Å². The normalized spacial score (nSPS) is 11.0. The second kappa shape index (κ2) is 7.19. The number of nitrogens with zero attached hydrogens (tertiary/aromatic N) is 2. The Balaban J connectivity index is 1.42. The molecule has 5 heteroatoms. The van der Waals surface area contributed by atoms with Gasteiger partial charge in [0.25, 0.3) is 0 Å². The first-order chi connectivity index (χ1) is 13.4. The van der Waals surface area contributed by atoms with E-state index in [0.29, 0.717) is 0 Å². The molecule has 0 fully saturated rings. The molecule has 0 aliphatic carbocycles. The molecule has 0 bridgehead atoms. The molecule has 0 N–H and O–H groups in total. The highest BCUT2D eigenvalue weighted by Crippen LogP contribution is 2.42. The van der Waals surface area contributed by atoms with E-state index in [1.807, 2.05) is 58.8 Å². The highest BCUT2D eigenvalue weighted by molar-refractivity contribution is 7.27. The van der Waals surface area contributed by atoms with Crippen LogP contribution >= 0.6 is 34.0 Å². The Labute approximate surface area is 169 Å². The minimum absolute atomic E-state index is 1.22. The van der Waals surface area contributed by atoms with Crippen molar-refractivity contribution in [3.63, 3.8) is 0 Å². The predicted molar refractivity (Wildman–Crippen MR) is 117 cm³/mol. The molecule has 0 saturated carbocycles. The van der Waals surface area contributed by atoms with Gasteiger partial charge in [-0.2, -0.15) is 0 Å². The maximum atomic E-state index is 4.10. The molecule has 5 aromatic heterocycles. The SMILES string of the molecule is c1cc(-c2ccc(-c3ccc(-c4ccc(-c5ccncc5)s4)s3)s2)ccn1. The van der Waals surface area contributed by atoms with Crippen LogP contribution in [0.4, 0.5) is 0 Å². The Bertz CT molecular complexity index is 1080. The van der Waals surface area contributed by atoms with Gasteiger partial charge in [0.15, 0.2) is 0 Å². The van der Waals surface area contributed by atoms with E-state index in [0.717, 1.165) is 0 Å². The van der Waals surface area contributed by atoms with Crippen LogP contribution in [0.15, 0.2) is 85.5 Å². The molecular weight excluding hydrogens is 388 g/mol. The van der Waals surface area contributed by atoms with Gasteiger partial charge in [-0.15, -0.1) is 34.0 Å². The molecule has 0 saturated heterocycles. The summed E-state index contributed by atoms with van der Waals surface area (Å²) in [7, 11) is 0. The summed E-state index contributed by atoms with van der Waals surface area (Å²) in [6, 6.07) is 21.5. The van der Waals surface area contributed by atoms with E-state index in [1.54, 1.807) is 0 Å². The van der Waals surface area contributed by atoms with Gasteiger partial charge in [0.2, 0.25) is 0 Å². The van der Waals surface area contributed by atoms with Crippen LogP contribution < -0.4 is 0 Å². The van der Waals surface area contributed by atoms with Gasteiger partial charge >= 0.3 is 0 Å². The summed E-state index contributed by atoms with van der Waals surface area (Å²) in [5, 5.41) is 0. The van der Waals surface area contributed by atoms with Crippen molar-refractivity contribution < 1.29 is 0 Å². The van der Waals surface area contributed by atoms with Crippen LogP contribution in [-0.4, -0.2) is 9.97 Å². The second-order valence-electron chi connectivity index (χ2n) is 5.96. The predicted octanol–water partition coefficient (Wildman–Crippen LogP) is 7.33. The second-order valence-corrected chi connectivity index (χ2v) is 9.21. The number of hydrogen-bond donors (Lipinski definition) is 0. The van der Waals surface area contributed by atoms with Crippen LogP contribution in [0.5, 0.6) is 0 Å². The van der Waals surface area contributed by atoms with Crippen LogP contribution in [0.2, 0.25) is 0 Å². The van der Waals surface area contributed by atoms with Crippen molar-refractivity contribution >= 4 is 34.0 Å². The molecule has 0 radical (unpaired) electrons. The van der Waals surface area contributed by atoms with Crippen molar-refractivity contribution in [2.75, 3.05) is 0 Å². The van der Waals surface area contributed by atoms with Gasteiger partial charge in [-0.3, -0.25) is 9.97 Å². The molecule has 0 aromatic carbocycles. The lowest BCUT2D eigenvalue weighted by molar-refractivity contribution is 1.33. The summed E-state index contributed by atoms with van der Waals surface area (Å²) in [6.45, 7) is 0. The lowest BCUT2D eigenvalue weighted by Crippen LogP contribution is -1.71. The van der Waals surface area contributed by atoms with E-state index < -0.39 is 0 Å².